The van der Waals surface area contributed by atoms with Gasteiger partial charge in [0.1, 0.15) is 5.03 Å². The molecule has 0 spiro atoms. The van der Waals surface area contributed by atoms with Crippen LogP contribution in [0.2, 0.25) is 0 Å². The van der Waals surface area contributed by atoms with E-state index in [2.05, 4.69) is 15.0 Å². The number of pyridine rings is 1. The number of carboxylic acid groups (broad SMARTS) is 1. The van der Waals surface area contributed by atoms with Crippen LogP contribution in [-0.2, 0) is 15.8 Å². The maximum absolute atomic E-state index is 11.5. The molecule has 0 saturated heterocycles. The summed E-state index contributed by atoms with van der Waals surface area (Å²) in [5, 5.41) is 11.3. The summed E-state index contributed by atoms with van der Waals surface area (Å²) in [4.78, 5) is 14.8. The number of anilines is 2. The van der Waals surface area contributed by atoms with Crippen LogP contribution in [-0.4, -0.2) is 30.9 Å². The smallest absolute Gasteiger partial charge is 0.409 e. The SMILES string of the molecule is CS(=O)(=O)Nc1cc(NC(=O)O)cnc1SCc1ccccc1. The summed E-state index contributed by atoms with van der Waals surface area (Å²) < 4.78 is 25.3. The minimum atomic E-state index is -3.51. The van der Waals surface area contributed by atoms with Crippen LogP contribution in [0, 0.1) is 0 Å². The molecule has 1 heterocycles. The molecule has 0 unspecified atom stereocenters. The number of thioether (sulfide) groups is 1. The molecule has 9 heteroatoms. The van der Waals surface area contributed by atoms with E-state index in [1.54, 1.807) is 0 Å². The van der Waals surface area contributed by atoms with E-state index in [1.807, 2.05) is 30.3 Å². The fourth-order valence-corrected chi connectivity index (χ4v) is 3.27. The Hall–Kier alpha value is -2.26. The standard InChI is InChI=1S/C14H15N3O4S2/c1-23(20,21)17-12-7-11(16-14(18)19)8-15-13(12)22-9-10-5-3-2-4-6-10/h2-8,16-17H,9H2,1H3,(H,18,19). The lowest BCUT2D eigenvalue weighted by Crippen LogP contribution is -2.12. The van der Waals surface area contributed by atoms with Crippen LogP contribution < -0.4 is 10.0 Å². The average Bonchev–Trinajstić information content (AvgIpc) is 2.45. The highest BCUT2D eigenvalue weighted by Crippen LogP contribution is 2.30. The van der Waals surface area contributed by atoms with Crippen molar-refractivity contribution < 1.29 is 18.3 Å². The summed E-state index contributed by atoms with van der Waals surface area (Å²) in [7, 11) is -3.51. The van der Waals surface area contributed by atoms with Gasteiger partial charge in [-0.25, -0.2) is 18.2 Å². The Kier molecular flexibility index (Phi) is 5.45. The van der Waals surface area contributed by atoms with Crippen molar-refractivity contribution >= 4 is 39.3 Å². The highest BCUT2D eigenvalue weighted by Gasteiger charge is 2.12. The fraction of sp³-hybridized carbons (Fsp3) is 0.143. The van der Waals surface area contributed by atoms with Crippen LogP contribution in [0.25, 0.3) is 0 Å². The van der Waals surface area contributed by atoms with Gasteiger partial charge in [0.2, 0.25) is 10.0 Å². The lowest BCUT2D eigenvalue weighted by atomic mass is 10.2. The lowest BCUT2D eigenvalue weighted by molar-refractivity contribution is 0.209. The highest BCUT2D eigenvalue weighted by atomic mass is 32.2. The van der Waals surface area contributed by atoms with E-state index in [0.717, 1.165) is 11.8 Å². The monoisotopic (exact) mass is 353 g/mol. The van der Waals surface area contributed by atoms with E-state index in [4.69, 9.17) is 5.11 Å². The highest BCUT2D eigenvalue weighted by molar-refractivity contribution is 7.98. The first-order valence-electron chi connectivity index (χ1n) is 6.48. The molecule has 1 aromatic carbocycles. The Labute approximate surface area is 138 Å². The second-order valence-electron chi connectivity index (χ2n) is 4.66. The quantitative estimate of drug-likeness (QED) is 0.689. The Morgan fingerprint density at radius 2 is 2.00 bits per heavy atom. The van der Waals surface area contributed by atoms with Gasteiger partial charge in [0, 0.05) is 5.75 Å². The van der Waals surface area contributed by atoms with E-state index < -0.39 is 16.1 Å². The normalized spacial score (nSPS) is 11.0. The summed E-state index contributed by atoms with van der Waals surface area (Å²) in [5.41, 5.74) is 1.49. The Bertz CT molecular complexity index is 795. The molecule has 0 bridgehead atoms. The van der Waals surface area contributed by atoms with E-state index >= 15 is 0 Å². The Balaban J connectivity index is 2.24. The molecule has 1 amide bonds. The molecule has 1 aromatic heterocycles. The van der Waals surface area contributed by atoms with Crippen molar-refractivity contribution in [2.24, 2.45) is 0 Å². The molecule has 0 aliphatic rings. The third-order valence-corrected chi connectivity index (χ3v) is 4.28. The number of rotatable bonds is 6. The molecule has 122 valence electrons. The lowest BCUT2D eigenvalue weighted by Gasteiger charge is -2.11. The van der Waals surface area contributed by atoms with Crippen molar-refractivity contribution in [1.82, 2.24) is 4.98 Å². The summed E-state index contributed by atoms with van der Waals surface area (Å²) in [6, 6.07) is 11.1. The second kappa shape index (κ2) is 7.34. The van der Waals surface area contributed by atoms with Crippen molar-refractivity contribution in [3.05, 3.63) is 48.2 Å². The van der Waals surface area contributed by atoms with Gasteiger partial charge in [0.15, 0.2) is 0 Å². The summed E-state index contributed by atoms with van der Waals surface area (Å²) in [6.07, 6.45) is 1.12. The number of nitrogens with zero attached hydrogens (tertiary/aromatic N) is 1. The number of hydrogen-bond donors (Lipinski definition) is 3. The van der Waals surface area contributed by atoms with Crippen LogP contribution in [0.5, 0.6) is 0 Å². The van der Waals surface area contributed by atoms with Gasteiger partial charge in [-0.15, -0.1) is 0 Å². The predicted molar refractivity (Wildman–Crippen MR) is 90.4 cm³/mol. The molecule has 0 radical (unpaired) electrons. The molecule has 0 atom stereocenters. The number of nitrogens with one attached hydrogen (secondary N) is 2. The zero-order valence-corrected chi connectivity index (χ0v) is 13.8. The Morgan fingerprint density at radius 3 is 2.61 bits per heavy atom. The zero-order chi connectivity index (χ0) is 16.9. The van der Waals surface area contributed by atoms with Crippen LogP contribution in [0.15, 0.2) is 47.6 Å². The van der Waals surface area contributed by atoms with Gasteiger partial charge in [-0.2, -0.15) is 0 Å². The number of carbonyl (C=O) groups is 1. The van der Waals surface area contributed by atoms with E-state index in [1.165, 1.54) is 24.0 Å². The van der Waals surface area contributed by atoms with Gasteiger partial charge in [-0.3, -0.25) is 10.0 Å². The molecule has 0 aliphatic carbocycles. The van der Waals surface area contributed by atoms with Crippen molar-refractivity contribution in [3.8, 4) is 0 Å². The van der Waals surface area contributed by atoms with E-state index in [9.17, 15) is 13.2 Å². The number of aromatic nitrogens is 1. The Morgan fingerprint density at radius 1 is 1.30 bits per heavy atom. The van der Waals surface area contributed by atoms with Crippen LogP contribution in [0.3, 0.4) is 0 Å². The maximum Gasteiger partial charge on any atom is 0.409 e. The molecular weight excluding hydrogens is 338 g/mol. The van der Waals surface area contributed by atoms with Gasteiger partial charge in [0.05, 0.1) is 23.8 Å². The molecule has 0 fully saturated rings. The molecule has 7 nitrogen and oxygen atoms in total. The number of benzene rings is 1. The van der Waals surface area contributed by atoms with Gasteiger partial charge in [-0.1, -0.05) is 42.1 Å². The van der Waals surface area contributed by atoms with Crippen LogP contribution in [0.4, 0.5) is 16.2 Å². The summed E-state index contributed by atoms with van der Waals surface area (Å²) in [5.74, 6) is 0.609. The zero-order valence-electron chi connectivity index (χ0n) is 12.2. The predicted octanol–water partition coefficient (Wildman–Crippen LogP) is 2.84. The van der Waals surface area contributed by atoms with Crippen LogP contribution >= 0.6 is 11.8 Å². The van der Waals surface area contributed by atoms with Crippen molar-refractivity contribution in [3.63, 3.8) is 0 Å². The number of hydrogen-bond acceptors (Lipinski definition) is 5. The largest absolute Gasteiger partial charge is 0.465 e. The first-order valence-corrected chi connectivity index (χ1v) is 9.36. The molecular formula is C14H15N3O4S2. The third kappa shape index (κ3) is 5.80. The van der Waals surface area contributed by atoms with Gasteiger partial charge in [0.25, 0.3) is 0 Å². The summed E-state index contributed by atoms with van der Waals surface area (Å²) >= 11 is 1.36. The molecule has 23 heavy (non-hydrogen) atoms. The molecule has 2 aromatic rings. The van der Waals surface area contributed by atoms with Crippen molar-refractivity contribution in [2.45, 2.75) is 10.8 Å². The van der Waals surface area contributed by atoms with Gasteiger partial charge in [-0.05, 0) is 11.6 Å². The number of amides is 1. The fourth-order valence-electron chi connectivity index (χ4n) is 1.76. The number of sulfonamides is 1. The maximum atomic E-state index is 11.5. The second-order valence-corrected chi connectivity index (χ2v) is 7.37. The van der Waals surface area contributed by atoms with Gasteiger partial charge >= 0.3 is 6.09 Å². The first kappa shape index (κ1) is 17.1. The van der Waals surface area contributed by atoms with E-state index in [0.29, 0.717) is 10.8 Å². The molecule has 0 aliphatic heterocycles. The topological polar surface area (TPSA) is 108 Å². The van der Waals surface area contributed by atoms with E-state index in [-0.39, 0.29) is 11.4 Å². The average molecular weight is 353 g/mol. The van der Waals surface area contributed by atoms with Crippen molar-refractivity contribution in [1.29, 1.82) is 0 Å². The molecule has 3 N–H and O–H groups in total. The molecule has 0 saturated carbocycles. The molecule has 2 rings (SSSR count). The van der Waals surface area contributed by atoms with Gasteiger partial charge < -0.3 is 5.11 Å². The summed E-state index contributed by atoms with van der Waals surface area (Å²) in [6.45, 7) is 0. The first-order chi connectivity index (χ1) is 10.8. The van der Waals surface area contributed by atoms with Crippen molar-refractivity contribution in [2.75, 3.05) is 16.3 Å². The minimum absolute atomic E-state index is 0.188. The van der Waals surface area contributed by atoms with Crippen LogP contribution in [0.1, 0.15) is 5.56 Å². The third-order valence-electron chi connectivity index (χ3n) is 2.62. The minimum Gasteiger partial charge on any atom is -0.465 e.